The lowest BCUT2D eigenvalue weighted by Gasteiger charge is -2.62. The van der Waals surface area contributed by atoms with Gasteiger partial charge >= 0.3 is 5.97 Å². The SMILES string of the molecule is CC(C)CCC[C@@H](C)[C@H]1CC[C@H]2[C@@H]3CC(=O)C4CC(O)CC(CC(=O)O)[C@]4(C)[C@H]3CC[C@]12C. The number of aliphatic hydroxyl groups excluding tert-OH is 1. The quantitative estimate of drug-likeness (QED) is 0.464. The molecule has 4 nitrogen and oxygen atoms in total. The van der Waals surface area contributed by atoms with Crippen molar-refractivity contribution in [2.45, 2.75) is 111 Å². The molecule has 0 radical (unpaired) electrons. The topological polar surface area (TPSA) is 74.6 Å². The summed E-state index contributed by atoms with van der Waals surface area (Å²) in [7, 11) is 0. The van der Waals surface area contributed by atoms with Gasteiger partial charge in [-0.15, -0.1) is 0 Å². The molecule has 0 aromatic rings. The largest absolute Gasteiger partial charge is 0.481 e. The number of carbonyl (C=O) groups excluding carboxylic acids is 1. The minimum Gasteiger partial charge on any atom is -0.481 e. The highest BCUT2D eigenvalue weighted by Crippen LogP contribution is 2.69. The van der Waals surface area contributed by atoms with Crippen molar-refractivity contribution >= 4 is 11.8 Å². The highest BCUT2D eigenvalue weighted by Gasteiger charge is 2.64. The van der Waals surface area contributed by atoms with Gasteiger partial charge in [0.05, 0.1) is 6.10 Å². The number of hydrogen-bond donors (Lipinski definition) is 2. The van der Waals surface area contributed by atoms with Crippen LogP contribution < -0.4 is 0 Å². The Hall–Kier alpha value is -0.900. The molecule has 3 unspecified atom stereocenters. The van der Waals surface area contributed by atoms with Crippen LogP contribution in [0.15, 0.2) is 0 Å². The van der Waals surface area contributed by atoms with Gasteiger partial charge in [0.1, 0.15) is 5.78 Å². The van der Waals surface area contributed by atoms with Crippen molar-refractivity contribution in [3.63, 3.8) is 0 Å². The number of aliphatic hydroxyl groups is 1. The zero-order valence-corrected chi connectivity index (χ0v) is 21.7. The Morgan fingerprint density at radius 2 is 1.79 bits per heavy atom. The van der Waals surface area contributed by atoms with Crippen LogP contribution >= 0.6 is 0 Å². The summed E-state index contributed by atoms with van der Waals surface area (Å²) in [4.78, 5) is 25.3. The monoisotopic (exact) mass is 460 g/mol. The first-order valence-corrected chi connectivity index (χ1v) is 13.9. The summed E-state index contributed by atoms with van der Waals surface area (Å²) in [5.74, 6) is 2.93. The molecular weight excluding hydrogens is 412 g/mol. The van der Waals surface area contributed by atoms with Gasteiger partial charge in [-0.1, -0.05) is 53.9 Å². The number of rotatable bonds is 7. The molecule has 33 heavy (non-hydrogen) atoms. The molecular formula is C29H48O4. The van der Waals surface area contributed by atoms with Crippen molar-refractivity contribution in [2.75, 3.05) is 0 Å². The van der Waals surface area contributed by atoms with Crippen molar-refractivity contribution in [3.8, 4) is 0 Å². The number of Topliss-reactive ketones (excluding diaryl/α,β-unsaturated/α-hetero) is 1. The fourth-order valence-electron chi connectivity index (χ4n) is 9.79. The van der Waals surface area contributed by atoms with Gasteiger partial charge in [0.15, 0.2) is 0 Å². The summed E-state index contributed by atoms with van der Waals surface area (Å²) < 4.78 is 0. The third-order valence-electron chi connectivity index (χ3n) is 11.4. The van der Waals surface area contributed by atoms with Crippen molar-refractivity contribution < 1.29 is 19.8 Å². The molecule has 4 heteroatoms. The van der Waals surface area contributed by atoms with Crippen molar-refractivity contribution in [3.05, 3.63) is 0 Å². The Kier molecular flexibility index (Phi) is 7.09. The van der Waals surface area contributed by atoms with E-state index in [9.17, 15) is 19.8 Å². The van der Waals surface area contributed by atoms with Crippen LogP contribution in [0.4, 0.5) is 0 Å². The number of carbonyl (C=O) groups is 2. The molecule has 4 fully saturated rings. The third-order valence-corrected chi connectivity index (χ3v) is 11.4. The standard InChI is InChI=1S/C29H48O4/c1-17(2)7-6-8-18(3)22-9-10-23-21-16-26(31)25-15-20(30)13-19(14-27(32)33)29(25,5)24(21)11-12-28(22,23)4/h17-25,30H,6-16H2,1-5H3,(H,32,33)/t18-,19?,20?,21+,22-,23+,24+,25?,28-,29-/m1/s1. The van der Waals surface area contributed by atoms with Crippen LogP contribution in [-0.4, -0.2) is 28.1 Å². The van der Waals surface area contributed by atoms with Gasteiger partial charge < -0.3 is 10.2 Å². The molecule has 10 atom stereocenters. The Morgan fingerprint density at radius 3 is 2.45 bits per heavy atom. The van der Waals surface area contributed by atoms with E-state index in [1.807, 2.05) is 0 Å². The maximum absolute atomic E-state index is 13.5. The molecule has 188 valence electrons. The van der Waals surface area contributed by atoms with Crippen LogP contribution in [0.5, 0.6) is 0 Å². The maximum Gasteiger partial charge on any atom is 0.303 e. The molecule has 0 amide bonds. The molecule has 4 saturated carbocycles. The first-order valence-electron chi connectivity index (χ1n) is 13.9. The smallest absolute Gasteiger partial charge is 0.303 e. The molecule has 0 aromatic carbocycles. The number of hydrogen-bond acceptors (Lipinski definition) is 3. The Labute approximate surface area is 201 Å². The summed E-state index contributed by atoms with van der Waals surface area (Å²) in [5, 5.41) is 20.2. The Balaban J connectivity index is 1.57. The molecule has 0 aliphatic heterocycles. The van der Waals surface area contributed by atoms with E-state index in [-0.39, 0.29) is 23.7 Å². The van der Waals surface area contributed by atoms with Crippen molar-refractivity contribution in [2.24, 2.45) is 58.2 Å². The summed E-state index contributed by atoms with van der Waals surface area (Å²) in [6.45, 7) is 11.9. The van der Waals surface area contributed by atoms with E-state index < -0.39 is 12.1 Å². The average molecular weight is 461 g/mol. The predicted molar refractivity (Wildman–Crippen MR) is 131 cm³/mol. The summed E-state index contributed by atoms with van der Waals surface area (Å²) >= 11 is 0. The zero-order valence-electron chi connectivity index (χ0n) is 21.7. The molecule has 0 spiro atoms. The summed E-state index contributed by atoms with van der Waals surface area (Å²) in [5.41, 5.74) is 0.0400. The minimum absolute atomic E-state index is 0.0814. The lowest BCUT2D eigenvalue weighted by atomic mass is 9.41. The van der Waals surface area contributed by atoms with Crippen molar-refractivity contribution in [1.82, 2.24) is 0 Å². The highest BCUT2D eigenvalue weighted by atomic mass is 16.4. The second-order valence-corrected chi connectivity index (χ2v) is 13.4. The first kappa shape index (κ1) is 25.2. The van der Waals surface area contributed by atoms with Gasteiger partial charge in [-0.05, 0) is 90.8 Å². The second kappa shape index (κ2) is 9.28. The van der Waals surface area contributed by atoms with Gasteiger partial charge in [-0.25, -0.2) is 0 Å². The molecule has 4 aliphatic rings. The first-order chi connectivity index (χ1) is 15.5. The van der Waals surface area contributed by atoms with Gasteiger partial charge in [0.2, 0.25) is 0 Å². The summed E-state index contributed by atoms with van der Waals surface area (Å²) in [6, 6.07) is 0. The number of carboxylic acid groups (broad SMARTS) is 1. The molecule has 0 aromatic heterocycles. The Bertz CT molecular complexity index is 746. The lowest BCUT2D eigenvalue weighted by molar-refractivity contribution is -0.177. The van der Waals surface area contributed by atoms with Gasteiger partial charge in [0, 0.05) is 18.8 Å². The van der Waals surface area contributed by atoms with Gasteiger partial charge in [0.25, 0.3) is 0 Å². The predicted octanol–water partition coefficient (Wildman–Crippen LogP) is 6.35. The molecule has 4 rings (SSSR count). The maximum atomic E-state index is 13.5. The van der Waals surface area contributed by atoms with Crippen LogP contribution in [0, 0.1) is 58.2 Å². The number of carboxylic acids is 1. The molecule has 4 aliphatic carbocycles. The zero-order chi connectivity index (χ0) is 24.1. The minimum atomic E-state index is -0.791. The van der Waals surface area contributed by atoms with E-state index in [4.69, 9.17) is 0 Å². The fourth-order valence-corrected chi connectivity index (χ4v) is 9.79. The Morgan fingerprint density at radius 1 is 1.06 bits per heavy atom. The van der Waals surface area contributed by atoms with Crippen LogP contribution in [0.3, 0.4) is 0 Å². The van der Waals surface area contributed by atoms with E-state index in [1.165, 1.54) is 38.5 Å². The van der Waals surface area contributed by atoms with Gasteiger partial charge in [-0.3, -0.25) is 9.59 Å². The van der Waals surface area contributed by atoms with Crippen LogP contribution in [0.2, 0.25) is 0 Å². The van der Waals surface area contributed by atoms with Crippen LogP contribution in [0.1, 0.15) is 105 Å². The van der Waals surface area contributed by atoms with E-state index in [0.29, 0.717) is 48.2 Å². The fraction of sp³-hybridized carbons (Fsp3) is 0.931. The van der Waals surface area contributed by atoms with E-state index >= 15 is 0 Å². The highest BCUT2D eigenvalue weighted by molar-refractivity contribution is 5.83. The van der Waals surface area contributed by atoms with E-state index in [0.717, 1.165) is 24.2 Å². The van der Waals surface area contributed by atoms with E-state index in [1.54, 1.807) is 0 Å². The number of ketones is 1. The molecule has 0 bridgehead atoms. The lowest BCUT2D eigenvalue weighted by Crippen LogP contribution is -2.60. The third kappa shape index (κ3) is 4.32. The molecule has 2 N–H and O–H groups in total. The molecule has 0 saturated heterocycles. The van der Waals surface area contributed by atoms with Crippen LogP contribution in [0.25, 0.3) is 0 Å². The normalized spacial score (nSPS) is 45.9. The van der Waals surface area contributed by atoms with Crippen LogP contribution in [-0.2, 0) is 9.59 Å². The average Bonchev–Trinajstić information content (AvgIpc) is 3.07. The van der Waals surface area contributed by atoms with Gasteiger partial charge in [-0.2, -0.15) is 0 Å². The second-order valence-electron chi connectivity index (χ2n) is 13.4. The van der Waals surface area contributed by atoms with Crippen molar-refractivity contribution in [1.29, 1.82) is 0 Å². The van der Waals surface area contributed by atoms with E-state index in [2.05, 4.69) is 34.6 Å². The molecule has 0 heterocycles. The number of fused-ring (bicyclic) bond motifs is 5. The number of aliphatic carboxylic acids is 1. The summed E-state index contributed by atoms with van der Waals surface area (Å²) in [6.07, 6.45) is 10.1.